The average Bonchev–Trinajstić information content (AvgIpc) is 2.65. The van der Waals surface area contributed by atoms with Gasteiger partial charge in [-0.1, -0.05) is 12.5 Å². The zero-order valence-electron chi connectivity index (χ0n) is 10.7. The van der Waals surface area contributed by atoms with E-state index >= 15 is 0 Å². The second kappa shape index (κ2) is 4.49. The quantitative estimate of drug-likeness (QED) is 0.807. The van der Waals surface area contributed by atoms with Crippen LogP contribution >= 0.6 is 0 Å². The molecule has 1 N–H and O–H groups in total. The van der Waals surface area contributed by atoms with Gasteiger partial charge >= 0.3 is 0 Å². The standard InChI is InChI=1S/C15H22NO/c1-15(9-10-16-11-15)17-14-8-3-2-7-13(14)12-5-4-6-12/h2,7-8,12,16H,3-6,9-11H2,1H3/t15-/m1/s1. The summed E-state index contributed by atoms with van der Waals surface area (Å²) in [5.74, 6) is 1.93. The van der Waals surface area contributed by atoms with Crippen molar-refractivity contribution in [3.05, 3.63) is 29.9 Å². The fraction of sp³-hybridized carbons (Fsp3) is 0.667. The van der Waals surface area contributed by atoms with E-state index in [-0.39, 0.29) is 5.60 Å². The highest BCUT2D eigenvalue weighted by atomic mass is 16.5. The van der Waals surface area contributed by atoms with E-state index in [2.05, 4.69) is 30.8 Å². The van der Waals surface area contributed by atoms with Crippen molar-refractivity contribution < 1.29 is 4.74 Å². The van der Waals surface area contributed by atoms with Gasteiger partial charge in [0.2, 0.25) is 0 Å². The van der Waals surface area contributed by atoms with Gasteiger partial charge in [-0.2, -0.15) is 0 Å². The Bertz CT molecular complexity index is 346. The largest absolute Gasteiger partial charge is 0.486 e. The summed E-state index contributed by atoms with van der Waals surface area (Å²) in [5, 5.41) is 3.39. The molecule has 0 spiro atoms. The van der Waals surface area contributed by atoms with Crippen molar-refractivity contribution in [3.8, 4) is 0 Å². The molecule has 93 valence electrons. The van der Waals surface area contributed by atoms with Crippen LogP contribution < -0.4 is 5.32 Å². The third-order valence-electron chi connectivity index (χ3n) is 4.25. The molecular formula is C15H22NO. The third kappa shape index (κ3) is 2.28. The lowest BCUT2D eigenvalue weighted by Crippen LogP contribution is -2.32. The number of ether oxygens (including phenoxy) is 1. The summed E-state index contributed by atoms with van der Waals surface area (Å²) in [5.41, 5.74) is 1.46. The lowest BCUT2D eigenvalue weighted by molar-refractivity contribution is 0.0366. The van der Waals surface area contributed by atoms with E-state index in [1.807, 2.05) is 0 Å². The summed E-state index contributed by atoms with van der Waals surface area (Å²) < 4.78 is 6.32. The Hall–Kier alpha value is -0.760. The molecule has 17 heavy (non-hydrogen) atoms. The Morgan fingerprint density at radius 2 is 2.29 bits per heavy atom. The van der Waals surface area contributed by atoms with Crippen LogP contribution in [-0.4, -0.2) is 18.7 Å². The molecule has 2 fully saturated rings. The Morgan fingerprint density at radius 1 is 1.41 bits per heavy atom. The number of nitrogens with one attached hydrogen (secondary N) is 1. The lowest BCUT2D eigenvalue weighted by atomic mass is 9.77. The second-order valence-electron chi connectivity index (χ2n) is 5.77. The molecule has 0 aromatic carbocycles. The smallest absolute Gasteiger partial charge is 0.120 e. The van der Waals surface area contributed by atoms with Crippen molar-refractivity contribution >= 4 is 0 Å². The van der Waals surface area contributed by atoms with Crippen LogP contribution in [0.3, 0.4) is 0 Å². The van der Waals surface area contributed by atoms with E-state index in [9.17, 15) is 0 Å². The first-order valence-corrected chi connectivity index (χ1v) is 6.90. The van der Waals surface area contributed by atoms with Crippen LogP contribution in [0.5, 0.6) is 0 Å². The summed E-state index contributed by atoms with van der Waals surface area (Å²) in [6, 6.07) is 0. The molecule has 3 aliphatic rings. The minimum atomic E-state index is 0.00596. The minimum Gasteiger partial charge on any atom is -0.486 e. The van der Waals surface area contributed by atoms with Crippen LogP contribution in [0.2, 0.25) is 0 Å². The Balaban J connectivity index is 1.71. The summed E-state index contributed by atoms with van der Waals surface area (Å²) in [7, 11) is 0. The minimum absolute atomic E-state index is 0.00596. The van der Waals surface area contributed by atoms with Crippen LogP contribution in [0.25, 0.3) is 0 Å². The molecule has 1 saturated heterocycles. The van der Waals surface area contributed by atoms with Gasteiger partial charge in [0.25, 0.3) is 0 Å². The average molecular weight is 232 g/mol. The zero-order valence-corrected chi connectivity index (χ0v) is 10.7. The lowest BCUT2D eigenvalue weighted by Gasteiger charge is -2.35. The number of hydrogen-bond donors (Lipinski definition) is 1. The van der Waals surface area contributed by atoms with Crippen molar-refractivity contribution in [2.45, 2.75) is 44.6 Å². The van der Waals surface area contributed by atoms with Gasteiger partial charge < -0.3 is 10.1 Å². The predicted molar refractivity (Wildman–Crippen MR) is 69.4 cm³/mol. The number of rotatable bonds is 3. The summed E-state index contributed by atoms with van der Waals surface area (Å²) in [6.07, 6.45) is 13.0. The molecule has 0 aromatic rings. The second-order valence-corrected chi connectivity index (χ2v) is 5.77. The third-order valence-corrected chi connectivity index (χ3v) is 4.25. The highest BCUT2D eigenvalue weighted by Crippen LogP contribution is 2.40. The van der Waals surface area contributed by atoms with Gasteiger partial charge in [-0.3, -0.25) is 0 Å². The first-order chi connectivity index (χ1) is 8.27. The predicted octanol–water partition coefficient (Wildman–Crippen LogP) is 2.97. The van der Waals surface area contributed by atoms with Crippen LogP contribution in [0.15, 0.2) is 23.5 Å². The van der Waals surface area contributed by atoms with Crippen molar-refractivity contribution in [2.75, 3.05) is 13.1 Å². The topological polar surface area (TPSA) is 21.3 Å². The van der Waals surface area contributed by atoms with Crippen LogP contribution in [-0.2, 0) is 4.74 Å². The van der Waals surface area contributed by atoms with Crippen molar-refractivity contribution in [3.63, 3.8) is 0 Å². The van der Waals surface area contributed by atoms with E-state index < -0.39 is 0 Å². The van der Waals surface area contributed by atoms with Gasteiger partial charge in [0.05, 0.1) is 0 Å². The van der Waals surface area contributed by atoms with E-state index in [0.717, 1.165) is 31.8 Å². The number of hydrogen-bond acceptors (Lipinski definition) is 2. The van der Waals surface area contributed by atoms with Crippen LogP contribution in [0.4, 0.5) is 0 Å². The van der Waals surface area contributed by atoms with Gasteiger partial charge in [-0.05, 0) is 56.7 Å². The molecule has 2 heteroatoms. The molecule has 1 aliphatic heterocycles. The molecule has 1 heterocycles. The molecule has 1 radical (unpaired) electrons. The Labute approximate surface area is 104 Å². The Morgan fingerprint density at radius 3 is 2.94 bits per heavy atom. The molecule has 2 nitrogen and oxygen atoms in total. The molecule has 2 aliphatic carbocycles. The summed E-state index contributed by atoms with van der Waals surface area (Å²) in [6.45, 7) is 4.29. The maximum Gasteiger partial charge on any atom is 0.120 e. The number of allylic oxidation sites excluding steroid dienone is 3. The van der Waals surface area contributed by atoms with Crippen molar-refractivity contribution in [2.24, 2.45) is 5.92 Å². The monoisotopic (exact) mass is 232 g/mol. The molecular weight excluding hydrogens is 210 g/mol. The van der Waals surface area contributed by atoms with Gasteiger partial charge in [-0.15, -0.1) is 0 Å². The SMILES string of the molecule is C[C@@]1(OC2=CC[CH]C=C2C2CCC2)CCNC1. The van der Waals surface area contributed by atoms with Gasteiger partial charge in [0.15, 0.2) is 0 Å². The van der Waals surface area contributed by atoms with Crippen LogP contribution in [0.1, 0.15) is 39.0 Å². The molecule has 3 rings (SSSR count). The molecule has 0 aromatic heterocycles. The maximum absolute atomic E-state index is 6.32. The first-order valence-electron chi connectivity index (χ1n) is 6.90. The fourth-order valence-electron chi connectivity index (χ4n) is 2.87. The van der Waals surface area contributed by atoms with E-state index in [0.29, 0.717) is 0 Å². The van der Waals surface area contributed by atoms with E-state index in [4.69, 9.17) is 4.74 Å². The fourth-order valence-corrected chi connectivity index (χ4v) is 2.87. The highest BCUT2D eigenvalue weighted by molar-refractivity contribution is 5.36. The molecule has 0 amide bonds. The molecule has 0 unspecified atom stereocenters. The highest BCUT2D eigenvalue weighted by Gasteiger charge is 2.34. The summed E-state index contributed by atoms with van der Waals surface area (Å²) in [4.78, 5) is 0. The van der Waals surface area contributed by atoms with Crippen molar-refractivity contribution in [1.29, 1.82) is 0 Å². The van der Waals surface area contributed by atoms with E-state index in [1.165, 1.54) is 30.6 Å². The molecule has 1 atom stereocenters. The first kappa shape index (κ1) is 11.3. The Kier molecular flexibility index (Phi) is 2.99. The van der Waals surface area contributed by atoms with Crippen molar-refractivity contribution in [1.82, 2.24) is 5.32 Å². The molecule has 0 bridgehead atoms. The van der Waals surface area contributed by atoms with Gasteiger partial charge in [0, 0.05) is 13.0 Å². The van der Waals surface area contributed by atoms with Gasteiger partial charge in [0.1, 0.15) is 11.4 Å². The maximum atomic E-state index is 6.32. The molecule has 1 saturated carbocycles. The van der Waals surface area contributed by atoms with Crippen LogP contribution in [0, 0.1) is 12.3 Å². The van der Waals surface area contributed by atoms with E-state index in [1.54, 1.807) is 0 Å². The van der Waals surface area contributed by atoms with Gasteiger partial charge in [-0.25, -0.2) is 0 Å². The zero-order chi connectivity index (χ0) is 11.7. The summed E-state index contributed by atoms with van der Waals surface area (Å²) >= 11 is 0. The normalized spacial score (nSPS) is 33.9.